The summed E-state index contributed by atoms with van der Waals surface area (Å²) in [6.07, 6.45) is 1.20. The molecule has 0 aromatic heterocycles. The van der Waals surface area contributed by atoms with Crippen molar-refractivity contribution in [2.75, 3.05) is 16.8 Å². The summed E-state index contributed by atoms with van der Waals surface area (Å²) in [6, 6.07) is 6.52. The topological polar surface area (TPSA) is 38.0 Å². The monoisotopic (exact) mass is 316 g/mol. The van der Waals surface area contributed by atoms with Gasteiger partial charge in [-0.25, -0.2) is 0 Å². The highest BCUT2D eigenvalue weighted by Gasteiger charge is 2.17. The molecule has 0 radical (unpaired) electrons. The van der Waals surface area contributed by atoms with Gasteiger partial charge in [-0.15, -0.1) is 0 Å². The van der Waals surface area contributed by atoms with Gasteiger partial charge in [-0.3, -0.25) is 0 Å². The lowest BCUT2D eigenvalue weighted by molar-refractivity contribution is 0.812. The van der Waals surface area contributed by atoms with E-state index < -0.39 is 0 Å². The number of hydrogen-bond donors (Lipinski definition) is 2. The second-order valence-electron chi connectivity index (χ2n) is 3.73. The van der Waals surface area contributed by atoms with Crippen molar-refractivity contribution in [1.82, 2.24) is 0 Å². The lowest BCUT2D eigenvalue weighted by Crippen LogP contribution is -2.21. The molecule has 1 atom stereocenters. The molecule has 1 aromatic carbocycles. The van der Waals surface area contributed by atoms with E-state index in [1.807, 2.05) is 30.0 Å². The molecule has 1 saturated heterocycles. The minimum absolute atomic E-state index is 0.431. The number of nitrogens with two attached hydrogens (primary N) is 1. The van der Waals surface area contributed by atoms with Gasteiger partial charge in [-0.05, 0) is 40.2 Å². The Balaban J connectivity index is 2.25. The predicted octanol–water partition coefficient (Wildman–Crippen LogP) is 3.00. The number of thioether (sulfide) groups is 1. The van der Waals surface area contributed by atoms with E-state index in [9.17, 15) is 0 Å². The van der Waals surface area contributed by atoms with Crippen LogP contribution in [0.5, 0.6) is 0 Å². The van der Waals surface area contributed by atoms with Crippen LogP contribution in [0.3, 0.4) is 0 Å². The number of anilines is 1. The Kier molecular flexibility index (Phi) is 4.10. The van der Waals surface area contributed by atoms with Crippen LogP contribution in [-0.2, 0) is 0 Å². The van der Waals surface area contributed by atoms with E-state index in [2.05, 4.69) is 21.2 Å². The summed E-state index contributed by atoms with van der Waals surface area (Å²) >= 11 is 10.5. The first-order valence-corrected chi connectivity index (χ1v) is 7.46. The highest BCUT2D eigenvalue weighted by atomic mass is 79.9. The van der Waals surface area contributed by atoms with E-state index >= 15 is 0 Å². The molecule has 86 valence electrons. The van der Waals surface area contributed by atoms with E-state index in [1.54, 1.807) is 0 Å². The lowest BCUT2D eigenvalue weighted by atomic mass is 10.1. The molecule has 2 rings (SSSR count). The Morgan fingerprint density at radius 1 is 1.56 bits per heavy atom. The van der Waals surface area contributed by atoms with Crippen LogP contribution in [-0.4, -0.2) is 22.5 Å². The third-order valence-electron chi connectivity index (χ3n) is 2.55. The van der Waals surface area contributed by atoms with Crippen molar-refractivity contribution in [3.63, 3.8) is 0 Å². The van der Waals surface area contributed by atoms with Crippen LogP contribution < -0.4 is 11.1 Å². The first-order valence-electron chi connectivity index (χ1n) is 5.11. The third kappa shape index (κ3) is 2.70. The van der Waals surface area contributed by atoms with Crippen molar-refractivity contribution in [3.8, 4) is 0 Å². The molecule has 0 aliphatic carbocycles. The standard InChI is InChI=1S/C11H13BrN2S2/c12-8-2-1-3-9(10(8)11(13)15)14-7-4-5-16-6-7/h1-3,7,14H,4-6H2,(H2,13,15). The van der Waals surface area contributed by atoms with Crippen LogP contribution >= 0.6 is 39.9 Å². The van der Waals surface area contributed by atoms with Crippen molar-refractivity contribution in [2.24, 2.45) is 5.73 Å². The first kappa shape index (κ1) is 12.2. The number of thiocarbonyl (C=S) groups is 1. The van der Waals surface area contributed by atoms with Crippen LogP contribution in [0.1, 0.15) is 12.0 Å². The fourth-order valence-corrected chi connectivity index (χ4v) is 3.85. The minimum atomic E-state index is 0.431. The van der Waals surface area contributed by atoms with Gasteiger partial charge in [0, 0.05) is 27.5 Å². The molecule has 1 aromatic rings. The van der Waals surface area contributed by atoms with Crippen molar-refractivity contribution < 1.29 is 0 Å². The van der Waals surface area contributed by atoms with Gasteiger partial charge in [0.1, 0.15) is 4.99 Å². The molecule has 1 heterocycles. The Morgan fingerprint density at radius 2 is 2.38 bits per heavy atom. The normalized spacial score (nSPS) is 19.7. The molecule has 2 nitrogen and oxygen atoms in total. The molecule has 5 heteroatoms. The number of rotatable bonds is 3. The maximum Gasteiger partial charge on any atom is 0.107 e. The van der Waals surface area contributed by atoms with E-state index in [0.29, 0.717) is 11.0 Å². The molecule has 0 amide bonds. The summed E-state index contributed by atoms with van der Waals surface area (Å²) in [5.41, 5.74) is 7.69. The summed E-state index contributed by atoms with van der Waals surface area (Å²) in [7, 11) is 0. The fraction of sp³-hybridized carbons (Fsp3) is 0.364. The summed E-state index contributed by atoms with van der Waals surface area (Å²) in [6.45, 7) is 0. The highest BCUT2D eigenvalue weighted by molar-refractivity contribution is 9.10. The van der Waals surface area contributed by atoms with Crippen molar-refractivity contribution in [3.05, 3.63) is 28.2 Å². The Morgan fingerprint density at radius 3 is 3.00 bits per heavy atom. The fourth-order valence-electron chi connectivity index (χ4n) is 1.76. The second kappa shape index (κ2) is 5.38. The van der Waals surface area contributed by atoms with Crippen LogP contribution in [0.25, 0.3) is 0 Å². The number of hydrogen-bond acceptors (Lipinski definition) is 3. The molecule has 3 N–H and O–H groups in total. The number of benzene rings is 1. The minimum Gasteiger partial charge on any atom is -0.389 e. The van der Waals surface area contributed by atoms with Gasteiger partial charge < -0.3 is 11.1 Å². The molecule has 0 bridgehead atoms. The predicted molar refractivity (Wildman–Crippen MR) is 79.4 cm³/mol. The Bertz CT molecular complexity index is 403. The average Bonchev–Trinajstić information content (AvgIpc) is 2.70. The van der Waals surface area contributed by atoms with E-state index in [4.69, 9.17) is 18.0 Å². The highest BCUT2D eigenvalue weighted by Crippen LogP contribution is 2.28. The van der Waals surface area contributed by atoms with E-state index in [1.165, 1.54) is 12.2 Å². The average molecular weight is 317 g/mol. The van der Waals surface area contributed by atoms with Crippen molar-refractivity contribution in [2.45, 2.75) is 12.5 Å². The van der Waals surface area contributed by atoms with E-state index in [-0.39, 0.29) is 0 Å². The number of halogens is 1. The van der Waals surface area contributed by atoms with Crippen LogP contribution in [0, 0.1) is 0 Å². The van der Waals surface area contributed by atoms with Crippen LogP contribution in [0.4, 0.5) is 5.69 Å². The van der Waals surface area contributed by atoms with E-state index in [0.717, 1.165) is 21.5 Å². The lowest BCUT2D eigenvalue weighted by Gasteiger charge is -2.17. The zero-order valence-electron chi connectivity index (χ0n) is 8.70. The summed E-state index contributed by atoms with van der Waals surface area (Å²) in [5.74, 6) is 2.39. The van der Waals surface area contributed by atoms with Gasteiger partial charge in [-0.1, -0.05) is 18.3 Å². The molecule has 16 heavy (non-hydrogen) atoms. The maximum absolute atomic E-state index is 5.75. The van der Waals surface area contributed by atoms with Gasteiger partial charge >= 0.3 is 0 Å². The quantitative estimate of drug-likeness (QED) is 0.841. The van der Waals surface area contributed by atoms with Crippen LogP contribution in [0.2, 0.25) is 0 Å². The molecule has 0 spiro atoms. The number of nitrogens with one attached hydrogen (secondary N) is 1. The zero-order valence-corrected chi connectivity index (χ0v) is 11.9. The summed E-state index contributed by atoms with van der Waals surface area (Å²) < 4.78 is 0.954. The smallest absolute Gasteiger partial charge is 0.107 e. The SMILES string of the molecule is NC(=S)c1c(Br)cccc1NC1CCSC1. The second-order valence-corrected chi connectivity index (χ2v) is 6.18. The molecule has 1 aliphatic heterocycles. The molecule has 1 fully saturated rings. The summed E-state index contributed by atoms with van der Waals surface area (Å²) in [4.78, 5) is 0.431. The van der Waals surface area contributed by atoms with Crippen molar-refractivity contribution in [1.29, 1.82) is 0 Å². The molecule has 1 aliphatic rings. The van der Waals surface area contributed by atoms with Gasteiger partial charge in [0.05, 0.1) is 0 Å². The first-order chi connectivity index (χ1) is 7.68. The Hall–Kier alpha value is -0.260. The van der Waals surface area contributed by atoms with Gasteiger partial charge in [-0.2, -0.15) is 11.8 Å². The summed E-state index contributed by atoms with van der Waals surface area (Å²) in [5, 5.41) is 3.51. The molecule has 1 unspecified atom stereocenters. The Labute approximate surface area is 113 Å². The maximum atomic E-state index is 5.75. The van der Waals surface area contributed by atoms with Gasteiger partial charge in [0.25, 0.3) is 0 Å². The third-order valence-corrected chi connectivity index (χ3v) is 4.58. The van der Waals surface area contributed by atoms with Crippen LogP contribution in [0.15, 0.2) is 22.7 Å². The van der Waals surface area contributed by atoms with Gasteiger partial charge in [0.15, 0.2) is 0 Å². The van der Waals surface area contributed by atoms with Crippen molar-refractivity contribution >= 4 is 50.6 Å². The largest absolute Gasteiger partial charge is 0.389 e. The molecular formula is C11H13BrN2S2. The molecule has 0 saturated carbocycles. The molecular weight excluding hydrogens is 304 g/mol. The van der Waals surface area contributed by atoms with Gasteiger partial charge in [0.2, 0.25) is 0 Å². The zero-order chi connectivity index (χ0) is 11.5.